The Hall–Kier alpha value is -0.540. The lowest BCUT2D eigenvalue weighted by molar-refractivity contribution is 0.507. The molecule has 2 nitrogen and oxygen atoms in total. The van der Waals surface area contributed by atoms with Crippen LogP contribution in [0.3, 0.4) is 0 Å². The molecule has 0 unspecified atom stereocenters. The van der Waals surface area contributed by atoms with Gasteiger partial charge in [0.15, 0.2) is 0 Å². The highest BCUT2D eigenvalue weighted by Crippen LogP contribution is 2.45. The molecule has 1 saturated carbocycles. The van der Waals surface area contributed by atoms with Crippen molar-refractivity contribution in [1.29, 1.82) is 0 Å². The Bertz CT molecular complexity index is 372. The van der Waals surface area contributed by atoms with Gasteiger partial charge in [0.2, 0.25) is 0 Å². The Morgan fingerprint density at radius 2 is 2.06 bits per heavy atom. The van der Waals surface area contributed by atoms with Crippen molar-refractivity contribution in [1.82, 2.24) is 5.32 Å². The fourth-order valence-corrected chi connectivity index (χ4v) is 2.40. The van der Waals surface area contributed by atoms with Crippen molar-refractivity contribution < 1.29 is 0 Å². The Labute approximate surface area is 106 Å². The zero-order chi connectivity index (χ0) is 11.6. The highest BCUT2D eigenvalue weighted by molar-refractivity contribution is 9.10. The van der Waals surface area contributed by atoms with Crippen molar-refractivity contribution in [2.45, 2.75) is 19.8 Å². The molecule has 0 aliphatic heterocycles. The SMILES string of the molecule is CNCC1(CNc2cc(Br)ccc2C)CC1. The first-order chi connectivity index (χ1) is 7.65. The normalized spacial score (nSPS) is 17.2. The molecule has 88 valence electrons. The van der Waals surface area contributed by atoms with E-state index in [2.05, 4.69) is 51.7 Å². The number of rotatable bonds is 5. The third kappa shape index (κ3) is 2.77. The lowest BCUT2D eigenvalue weighted by atomic mass is 10.1. The molecule has 1 aromatic carbocycles. The quantitative estimate of drug-likeness (QED) is 0.867. The number of anilines is 1. The number of nitrogens with one attached hydrogen (secondary N) is 2. The van der Waals surface area contributed by atoms with Crippen LogP contribution in [0, 0.1) is 12.3 Å². The molecular formula is C13H19BrN2. The zero-order valence-electron chi connectivity index (χ0n) is 9.94. The first-order valence-electron chi connectivity index (χ1n) is 5.80. The second-order valence-corrected chi connectivity index (χ2v) is 5.76. The van der Waals surface area contributed by atoms with Gasteiger partial charge in [0.05, 0.1) is 0 Å². The van der Waals surface area contributed by atoms with E-state index >= 15 is 0 Å². The summed E-state index contributed by atoms with van der Waals surface area (Å²) in [6.45, 7) is 4.34. The number of hydrogen-bond donors (Lipinski definition) is 2. The Balaban J connectivity index is 1.97. The molecule has 3 heteroatoms. The number of aryl methyl sites for hydroxylation is 1. The first-order valence-corrected chi connectivity index (χ1v) is 6.59. The topological polar surface area (TPSA) is 24.1 Å². The molecule has 0 aromatic heterocycles. The van der Waals surface area contributed by atoms with Gasteiger partial charge in [-0.05, 0) is 44.5 Å². The summed E-state index contributed by atoms with van der Waals surface area (Å²) in [5, 5.41) is 6.85. The molecule has 0 amide bonds. The molecular weight excluding hydrogens is 264 g/mol. The van der Waals surface area contributed by atoms with Crippen LogP contribution in [0.2, 0.25) is 0 Å². The summed E-state index contributed by atoms with van der Waals surface area (Å²) in [5.41, 5.74) is 3.06. The summed E-state index contributed by atoms with van der Waals surface area (Å²) < 4.78 is 1.14. The van der Waals surface area contributed by atoms with Crippen LogP contribution in [0.4, 0.5) is 5.69 Å². The third-order valence-electron chi connectivity index (χ3n) is 3.36. The molecule has 1 fully saturated rings. The maximum Gasteiger partial charge on any atom is 0.0381 e. The standard InChI is InChI=1S/C13H19BrN2/c1-10-3-4-11(14)7-12(10)16-9-13(5-6-13)8-15-2/h3-4,7,15-16H,5-6,8-9H2,1-2H3. The molecule has 1 aliphatic carbocycles. The van der Waals surface area contributed by atoms with E-state index < -0.39 is 0 Å². The van der Waals surface area contributed by atoms with Gasteiger partial charge < -0.3 is 10.6 Å². The molecule has 0 radical (unpaired) electrons. The van der Waals surface area contributed by atoms with Crippen molar-refractivity contribution in [3.05, 3.63) is 28.2 Å². The molecule has 0 bridgehead atoms. The predicted octanol–water partition coefficient (Wildman–Crippen LogP) is 3.17. The van der Waals surface area contributed by atoms with Crippen molar-refractivity contribution >= 4 is 21.6 Å². The van der Waals surface area contributed by atoms with Gasteiger partial charge in [0.25, 0.3) is 0 Å². The fraction of sp³-hybridized carbons (Fsp3) is 0.538. The fourth-order valence-electron chi connectivity index (χ4n) is 2.04. The van der Waals surface area contributed by atoms with Crippen molar-refractivity contribution in [3.8, 4) is 0 Å². The molecule has 16 heavy (non-hydrogen) atoms. The summed E-state index contributed by atoms with van der Waals surface area (Å²) in [7, 11) is 2.03. The van der Waals surface area contributed by atoms with Crippen LogP contribution in [0.5, 0.6) is 0 Å². The van der Waals surface area contributed by atoms with Crippen LogP contribution in [0.15, 0.2) is 22.7 Å². The molecule has 2 rings (SSSR count). The van der Waals surface area contributed by atoms with Gasteiger partial charge in [-0.3, -0.25) is 0 Å². The Morgan fingerprint density at radius 1 is 1.31 bits per heavy atom. The Morgan fingerprint density at radius 3 is 2.69 bits per heavy atom. The van der Waals surface area contributed by atoms with E-state index in [0.717, 1.165) is 17.6 Å². The van der Waals surface area contributed by atoms with E-state index in [1.807, 2.05) is 7.05 Å². The van der Waals surface area contributed by atoms with E-state index in [0.29, 0.717) is 5.41 Å². The van der Waals surface area contributed by atoms with Crippen LogP contribution >= 0.6 is 15.9 Å². The largest absolute Gasteiger partial charge is 0.384 e. The van der Waals surface area contributed by atoms with Gasteiger partial charge in [0.1, 0.15) is 0 Å². The average molecular weight is 283 g/mol. The summed E-state index contributed by atoms with van der Waals surface area (Å²) in [4.78, 5) is 0. The minimum atomic E-state index is 0.503. The Kier molecular flexibility index (Phi) is 3.55. The second kappa shape index (κ2) is 4.76. The van der Waals surface area contributed by atoms with Crippen LogP contribution in [0.1, 0.15) is 18.4 Å². The van der Waals surface area contributed by atoms with Gasteiger partial charge in [-0.15, -0.1) is 0 Å². The molecule has 0 heterocycles. The molecule has 0 spiro atoms. The maximum atomic E-state index is 3.57. The second-order valence-electron chi connectivity index (χ2n) is 4.84. The summed E-state index contributed by atoms with van der Waals surface area (Å²) in [5.74, 6) is 0. The molecule has 0 atom stereocenters. The summed E-state index contributed by atoms with van der Waals surface area (Å²) in [6.07, 6.45) is 2.68. The van der Waals surface area contributed by atoms with Gasteiger partial charge in [-0.2, -0.15) is 0 Å². The van der Waals surface area contributed by atoms with Gasteiger partial charge in [-0.1, -0.05) is 22.0 Å². The van der Waals surface area contributed by atoms with Gasteiger partial charge in [-0.25, -0.2) is 0 Å². The third-order valence-corrected chi connectivity index (χ3v) is 3.86. The molecule has 1 aromatic rings. The minimum absolute atomic E-state index is 0.503. The van der Waals surface area contributed by atoms with E-state index in [9.17, 15) is 0 Å². The monoisotopic (exact) mass is 282 g/mol. The number of hydrogen-bond acceptors (Lipinski definition) is 2. The van der Waals surface area contributed by atoms with E-state index in [1.54, 1.807) is 0 Å². The van der Waals surface area contributed by atoms with E-state index in [1.165, 1.54) is 24.1 Å². The summed E-state index contributed by atoms with van der Waals surface area (Å²) in [6, 6.07) is 6.38. The lowest BCUT2D eigenvalue weighted by Gasteiger charge is -2.17. The predicted molar refractivity (Wildman–Crippen MR) is 73.0 cm³/mol. The first kappa shape index (κ1) is 11.9. The summed E-state index contributed by atoms with van der Waals surface area (Å²) >= 11 is 3.51. The minimum Gasteiger partial charge on any atom is -0.384 e. The van der Waals surface area contributed by atoms with Crippen LogP contribution < -0.4 is 10.6 Å². The maximum absolute atomic E-state index is 3.57. The number of benzene rings is 1. The van der Waals surface area contributed by atoms with Gasteiger partial charge >= 0.3 is 0 Å². The number of halogens is 1. The molecule has 1 aliphatic rings. The van der Waals surface area contributed by atoms with Crippen LogP contribution in [-0.2, 0) is 0 Å². The van der Waals surface area contributed by atoms with Crippen molar-refractivity contribution in [2.24, 2.45) is 5.41 Å². The highest BCUT2D eigenvalue weighted by Gasteiger charge is 2.41. The molecule has 0 saturated heterocycles. The zero-order valence-corrected chi connectivity index (χ0v) is 11.5. The average Bonchev–Trinajstić information content (AvgIpc) is 3.01. The highest BCUT2D eigenvalue weighted by atomic mass is 79.9. The van der Waals surface area contributed by atoms with E-state index in [4.69, 9.17) is 0 Å². The van der Waals surface area contributed by atoms with E-state index in [-0.39, 0.29) is 0 Å². The van der Waals surface area contributed by atoms with Crippen LogP contribution in [0.25, 0.3) is 0 Å². The van der Waals surface area contributed by atoms with Crippen LogP contribution in [-0.4, -0.2) is 20.1 Å². The van der Waals surface area contributed by atoms with Gasteiger partial charge in [0, 0.05) is 28.7 Å². The van der Waals surface area contributed by atoms with Crippen molar-refractivity contribution in [3.63, 3.8) is 0 Å². The lowest BCUT2D eigenvalue weighted by Crippen LogP contribution is -2.27. The molecule has 2 N–H and O–H groups in total. The van der Waals surface area contributed by atoms with Crippen molar-refractivity contribution in [2.75, 3.05) is 25.5 Å². The smallest absolute Gasteiger partial charge is 0.0381 e.